The fourth-order valence-corrected chi connectivity index (χ4v) is 2.63. The number of methoxy groups -OCH3 is 2. The Labute approximate surface area is 154 Å². The topological polar surface area (TPSA) is 39.7 Å². The Morgan fingerprint density at radius 3 is 2.35 bits per heavy atom. The van der Waals surface area contributed by atoms with Crippen LogP contribution in [0, 0.1) is 6.92 Å². The third-order valence-corrected chi connectivity index (χ3v) is 4.11. The molecule has 0 heterocycles. The lowest BCUT2D eigenvalue weighted by Gasteiger charge is -2.15. The number of ether oxygens (including phenoxy) is 3. The highest BCUT2D eigenvalue weighted by atomic mass is 16.5. The first-order valence-electron chi connectivity index (χ1n) is 8.46. The van der Waals surface area contributed by atoms with Gasteiger partial charge in [-0.25, -0.2) is 0 Å². The van der Waals surface area contributed by atoms with E-state index in [4.69, 9.17) is 14.2 Å². The molecule has 3 rings (SSSR count). The van der Waals surface area contributed by atoms with E-state index in [2.05, 4.69) is 17.4 Å². The van der Waals surface area contributed by atoms with E-state index in [0.29, 0.717) is 6.61 Å². The molecule has 0 aliphatic heterocycles. The predicted octanol–water partition coefficient (Wildman–Crippen LogP) is 5.33. The van der Waals surface area contributed by atoms with Gasteiger partial charge in [0.05, 0.1) is 19.9 Å². The molecule has 0 fully saturated rings. The molecular weight excluding hydrogens is 326 g/mol. The van der Waals surface area contributed by atoms with E-state index in [-0.39, 0.29) is 0 Å². The van der Waals surface area contributed by atoms with E-state index >= 15 is 0 Å². The summed E-state index contributed by atoms with van der Waals surface area (Å²) in [6, 6.07) is 21.9. The molecule has 0 unspecified atom stereocenters. The van der Waals surface area contributed by atoms with E-state index in [9.17, 15) is 0 Å². The third-order valence-electron chi connectivity index (χ3n) is 4.11. The maximum Gasteiger partial charge on any atom is 0.145 e. The van der Waals surface area contributed by atoms with Crippen LogP contribution < -0.4 is 19.5 Å². The molecule has 0 atom stereocenters. The molecule has 0 aliphatic carbocycles. The summed E-state index contributed by atoms with van der Waals surface area (Å²) >= 11 is 0. The largest absolute Gasteiger partial charge is 0.497 e. The van der Waals surface area contributed by atoms with E-state index in [1.54, 1.807) is 14.2 Å². The average molecular weight is 349 g/mol. The maximum absolute atomic E-state index is 6.00. The van der Waals surface area contributed by atoms with Crippen molar-refractivity contribution in [1.29, 1.82) is 0 Å². The molecule has 3 aromatic rings. The summed E-state index contributed by atoms with van der Waals surface area (Å²) in [5.41, 5.74) is 4.03. The number of hydrogen-bond donors (Lipinski definition) is 1. The summed E-state index contributed by atoms with van der Waals surface area (Å²) in [4.78, 5) is 0. The van der Waals surface area contributed by atoms with Gasteiger partial charge in [0.25, 0.3) is 0 Å². The van der Waals surface area contributed by atoms with E-state index in [1.807, 2.05) is 61.5 Å². The number of benzene rings is 3. The van der Waals surface area contributed by atoms with Crippen molar-refractivity contribution in [1.82, 2.24) is 0 Å². The van der Waals surface area contributed by atoms with Crippen LogP contribution in [0.5, 0.6) is 17.2 Å². The van der Waals surface area contributed by atoms with Crippen molar-refractivity contribution < 1.29 is 14.2 Å². The minimum Gasteiger partial charge on any atom is -0.497 e. The molecule has 0 bridgehead atoms. The Kier molecular flexibility index (Phi) is 5.64. The zero-order valence-corrected chi connectivity index (χ0v) is 15.3. The molecule has 0 aliphatic rings. The van der Waals surface area contributed by atoms with Crippen molar-refractivity contribution in [3.8, 4) is 17.2 Å². The van der Waals surface area contributed by atoms with Crippen LogP contribution in [0.25, 0.3) is 0 Å². The number of aryl methyl sites for hydroxylation is 1. The first-order chi connectivity index (χ1) is 12.7. The molecule has 4 nitrogen and oxygen atoms in total. The highest BCUT2D eigenvalue weighted by molar-refractivity contribution is 5.68. The second-order valence-electron chi connectivity index (χ2n) is 5.95. The van der Waals surface area contributed by atoms with Crippen LogP contribution in [-0.4, -0.2) is 14.2 Å². The quantitative estimate of drug-likeness (QED) is 0.625. The van der Waals surface area contributed by atoms with Crippen LogP contribution in [0.15, 0.2) is 66.7 Å². The van der Waals surface area contributed by atoms with Crippen LogP contribution in [-0.2, 0) is 6.61 Å². The van der Waals surface area contributed by atoms with E-state index in [1.165, 1.54) is 0 Å². The van der Waals surface area contributed by atoms with Gasteiger partial charge in [0, 0.05) is 17.8 Å². The molecule has 0 amide bonds. The van der Waals surface area contributed by atoms with Gasteiger partial charge in [0.2, 0.25) is 0 Å². The highest BCUT2D eigenvalue weighted by Crippen LogP contribution is 2.33. The fourth-order valence-electron chi connectivity index (χ4n) is 2.63. The number of nitrogens with one attached hydrogen (secondary N) is 1. The zero-order chi connectivity index (χ0) is 18.4. The first-order valence-corrected chi connectivity index (χ1v) is 8.46. The Balaban J connectivity index is 1.77. The molecule has 0 aromatic heterocycles. The van der Waals surface area contributed by atoms with E-state index < -0.39 is 0 Å². The van der Waals surface area contributed by atoms with Crippen molar-refractivity contribution in [2.24, 2.45) is 0 Å². The summed E-state index contributed by atoms with van der Waals surface area (Å²) in [5.74, 6) is 2.33. The normalized spacial score (nSPS) is 10.3. The molecular formula is C22H23NO3. The van der Waals surface area contributed by atoms with Crippen molar-refractivity contribution in [3.05, 3.63) is 77.9 Å². The van der Waals surface area contributed by atoms with Crippen LogP contribution in [0.2, 0.25) is 0 Å². The summed E-state index contributed by atoms with van der Waals surface area (Å²) < 4.78 is 16.7. The van der Waals surface area contributed by atoms with Crippen molar-refractivity contribution in [2.75, 3.05) is 19.5 Å². The van der Waals surface area contributed by atoms with Gasteiger partial charge >= 0.3 is 0 Å². The fraction of sp³-hybridized carbons (Fsp3) is 0.182. The molecule has 0 saturated heterocycles. The minimum absolute atomic E-state index is 0.539. The Hall–Kier alpha value is -3.14. The van der Waals surface area contributed by atoms with Crippen LogP contribution in [0.4, 0.5) is 11.4 Å². The molecule has 134 valence electrons. The van der Waals surface area contributed by atoms with Crippen molar-refractivity contribution in [3.63, 3.8) is 0 Å². The second-order valence-corrected chi connectivity index (χ2v) is 5.95. The smallest absolute Gasteiger partial charge is 0.145 e. The lowest BCUT2D eigenvalue weighted by Crippen LogP contribution is -1.99. The maximum atomic E-state index is 6.00. The van der Waals surface area contributed by atoms with Crippen molar-refractivity contribution in [2.45, 2.75) is 13.5 Å². The molecule has 0 saturated carbocycles. The number of rotatable bonds is 7. The first kappa shape index (κ1) is 17.7. The Bertz CT molecular complexity index is 863. The lowest BCUT2D eigenvalue weighted by atomic mass is 10.2. The monoisotopic (exact) mass is 349 g/mol. The lowest BCUT2D eigenvalue weighted by molar-refractivity contribution is 0.304. The number of hydrogen-bond acceptors (Lipinski definition) is 4. The molecule has 3 aromatic carbocycles. The van der Waals surface area contributed by atoms with Gasteiger partial charge in [-0.3, -0.25) is 0 Å². The van der Waals surface area contributed by atoms with Gasteiger partial charge in [0.1, 0.15) is 23.9 Å². The van der Waals surface area contributed by atoms with Gasteiger partial charge in [-0.05, 0) is 36.2 Å². The molecule has 0 spiro atoms. The second kappa shape index (κ2) is 8.30. The number of anilines is 2. The molecule has 26 heavy (non-hydrogen) atoms. The minimum atomic E-state index is 0.539. The SMILES string of the molecule is COc1ccc(Nc2ccc(C)c(OCc3ccccc3)c2)c(OC)c1. The Morgan fingerprint density at radius 2 is 1.62 bits per heavy atom. The average Bonchev–Trinajstić information content (AvgIpc) is 2.69. The van der Waals surface area contributed by atoms with Gasteiger partial charge in [-0.1, -0.05) is 36.4 Å². The summed E-state index contributed by atoms with van der Waals surface area (Å²) in [6.07, 6.45) is 0. The molecule has 0 radical (unpaired) electrons. The van der Waals surface area contributed by atoms with Crippen LogP contribution in [0.1, 0.15) is 11.1 Å². The summed E-state index contributed by atoms with van der Waals surface area (Å²) in [7, 11) is 3.28. The predicted molar refractivity (Wildman–Crippen MR) is 105 cm³/mol. The zero-order valence-electron chi connectivity index (χ0n) is 15.3. The standard InChI is InChI=1S/C22H23NO3/c1-16-9-10-18(13-21(16)26-15-17-7-5-4-6-8-17)23-20-12-11-19(24-2)14-22(20)25-3/h4-14,23H,15H2,1-3H3. The van der Waals surface area contributed by atoms with E-state index in [0.717, 1.165) is 39.8 Å². The van der Waals surface area contributed by atoms with Crippen LogP contribution >= 0.6 is 0 Å². The molecule has 4 heteroatoms. The van der Waals surface area contributed by atoms with Crippen molar-refractivity contribution >= 4 is 11.4 Å². The van der Waals surface area contributed by atoms with Gasteiger partial charge in [0.15, 0.2) is 0 Å². The van der Waals surface area contributed by atoms with Crippen LogP contribution in [0.3, 0.4) is 0 Å². The highest BCUT2D eigenvalue weighted by Gasteiger charge is 2.08. The third kappa shape index (κ3) is 4.28. The van der Waals surface area contributed by atoms with Gasteiger partial charge in [-0.2, -0.15) is 0 Å². The molecule has 1 N–H and O–H groups in total. The summed E-state index contributed by atoms with van der Waals surface area (Å²) in [6.45, 7) is 2.58. The summed E-state index contributed by atoms with van der Waals surface area (Å²) in [5, 5.41) is 3.38. The van der Waals surface area contributed by atoms with Gasteiger partial charge in [-0.15, -0.1) is 0 Å². The Morgan fingerprint density at radius 1 is 0.808 bits per heavy atom. The van der Waals surface area contributed by atoms with Gasteiger partial charge < -0.3 is 19.5 Å².